The van der Waals surface area contributed by atoms with Crippen LogP contribution in [0.4, 0.5) is 0 Å². The highest BCUT2D eigenvalue weighted by Gasteiger charge is 2.19. The van der Waals surface area contributed by atoms with Crippen molar-refractivity contribution >= 4 is 17.5 Å². The molecule has 24 heavy (non-hydrogen) atoms. The normalized spacial score (nSPS) is 13.2. The predicted octanol–water partition coefficient (Wildman–Crippen LogP) is 4.91. The maximum Gasteiger partial charge on any atom is 0.261 e. The second kappa shape index (κ2) is 7.71. The van der Waals surface area contributed by atoms with Crippen LogP contribution >= 0.6 is 11.6 Å². The number of ether oxygens (including phenoxy) is 1. The van der Waals surface area contributed by atoms with Gasteiger partial charge in [-0.2, -0.15) is 0 Å². The Kier molecular flexibility index (Phi) is 5.89. The monoisotopic (exact) mass is 345 g/mol. The molecule has 2 rings (SSSR count). The molecule has 2 aromatic carbocycles. The van der Waals surface area contributed by atoms with Gasteiger partial charge >= 0.3 is 0 Å². The molecule has 0 heterocycles. The van der Waals surface area contributed by atoms with Gasteiger partial charge in [-0.3, -0.25) is 4.79 Å². The van der Waals surface area contributed by atoms with Gasteiger partial charge in [0.2, 0.25) is 0 Å². The second-order valence-electron chi connectivity index (χ2n) is 6.21. The zero-order valence-corrected chi connectivity index (χ0v) is 15.6. The van der Waals surface area contributed by atoms with Crippen molar-refractivity contribution < 1.29 is 9.53 Å². The van der Waals surface area contributed by atoms with Crippen LogP contribution in [0.1, 0.15) is 42.1 Å². The minimum atomic E-state index is -0.626. The van der Waals surface area contributed by atoms with Gasteiger partial charge in [-0.05, 0) is 69.0 Å². The van der Waals surface area contributed by atoms with E-state index in [9.17, 15) is 4.79 Å². The Morgan fingerprint density at radius 2 is 1.67 bits per heavy atom. The molecular weight excluding hydrogens is 322 g/mol. The summed E-state index contributed by atoms with van der Waals surface area (Å²) in [5.74, 6) is 0.344. The third-order valence-electron chi connectivity index (χ3n) is 4.22. The number of carbonyl (C=O) groups is 1. The van der Waals surface area contributed by atoms with Gasteiger partial charge < -0.3 is 10.1 Å². The lowest BCUT2D eigenvalue weighted by molar-refractivity contribution is -0.127. The van der Waals surface area contributed by atoms with Crippen molar-refractivity contribution in [1.29, 1.82) is 0 Å². The summed E-state index contributed by atoms with van der Waals surface area (Å²) in [7, 11) is 0. The lowest BCUT2D eigenvalue weighted by Gasteiger charge is -2.21. The lowest BCUT2D eigenvalue weighted by Crippen LogP contribution is -2.38. The number of hydrogen-bond acceptors (Lipinski definition) is 2. The molecule has 0 aliphatic carbocycles. The smallest absolute Gasteiger partial charge is 0.261 e. The van der Waals surface area contributed by atoms with E-state index in [2.05, 4.69) is 38.2 Å². The molecule has 1 amide bonds. The molecule has 0 bridgehead atoms. The number of aryl methyl sites for hydroxylation is 3. The molecule has 0 aliphatic rings. The molecule has 1 N–H and O–H groups in total. The number of rotatable bonds is 5. The predicted molar refractivity (Wildman–Crippen MR) is 98.8 cm³/mol. The lowest BCUT2D eigenvalue weighted by atomic mass is 9.96. The summed E-state index contributed by atoms with van der Waals surface area (Å²) in [6.07, 6.45) is -0.626. The topological polar surface area (TPSA) is 38.3 Å². The van der Waals surface area contributed by atoms with Crippen LogP contribution in [0.15, 0.2) is 36.4 Å². The van der Waals surface area contributed by atoms with Gasteiger partial charge in [-0.15, -0.1) is 0 Å². The molecule has 0 saturated carbocycles. The minimum absolute atomic E-state index is 0.0888. The molecule has 2 atom stereocenters. The molecule has 0 radical (unpaired) electrons. The van der Waals surface area contributed by atoms with Crippen LogP contribution in [0.25, 0.3) is 0 Å². The van der Waals surface area contributed by atoms with E-state index in [1.807, 2.05) is 19.1 Å². The van der Waals surface area contributed by atoms with Crippen molar-refractivity contribution in [3.8, 4) is 5.75 Å². The fourth-order valence-corrected chi connectivity index (χ4v) is 2.82. The summed E-state index contributed by atoms with van der Waals surface area (Å²) in [4.78, 5) is 12.4. The van der Waals surface area contributed by atoms with E-state index < -0.39 is 6.10 Å². The van der Waals surface area contributed by atoms with Gasteiger partial charge in [-0.1, -0.05) is 35.9 Å². The largest absolute Gasteiger partial charge is 0.479 e. The number of hydrogen-bond donors (Lipinski definition) is 1. The highest BCUT2D eigenvalue weighted by atomic mass is 35.5. The molecule has 2 unspecified atom stereocenters. The zero-order chi connectivity index (χ0) is 17.9. The van der Waals surface area contributed by atoms with Crippen molar-refractivity contribution in [3.05, 3.63) is 63.7 Å². The summed E-state index contributed by atoms with van der Waals surface area (Å²) in [6.45, 7) is 9.94. The second-order valence-corrected chi connectivity index (χ2v) is 6.62. The average molecular weight is 346 g/mol. The standard InChI is InChI=1S/C20H24ClNO2/c1-12-10-14(3)17(11-13(12)2)15(4)22-20(23)16(5)24-19-9-7-6-8-18(19)21/h6-11,15-16H,1-5H3,(H,22,23). The number of carbonyl (C=O) groups excluding carboxylic acids is 1. The Labute approximate surface area is 149 Å². The highest BCUT2D eigenvalue weighted by molar-refractivity contribution is 6.32. The third-order valence-corrected chi connectivity index (χ3v) is 4.53. The fraction of sp³-hybridized carbons (Fsp3) is 0.350. The first-order chi connectivity index (χ1) is 11.3. The van der Waals surface area contributed by atoms with Gasteiger partial charge in [0, 0.05) is 0 Å². The number of nitrogens with one attached hydrogen (secondary N) is 1. The molecule has 0 aliphatic heterocycles. The first kappa shape index (κ1) is 18.3. The van der Waals surface area contributed by atoms with Gasteiger partial charge in [0.05, 0.1) is 11.1 Å². The van der Waals surface area contributed by atoms with Crippen LogP contribution in [-0.2, 0) is 4.79 Å². The number of halogens is 1. The average Bonchev–Trinajstić information content (AvgIpc) is 2.52. The van der Waals surface area contributed by atoms with Crippen molar-refractivity contribution in [2.45, 2.75) is 46.8 Å². The van der Waals surface area contributed by atoms with Crippen LogP contribution < -0.4 is 10.1 Å². The molecule has 0 spiro atoms. The van der Waals surface area contributed by atoms with E-state index >= 15 is 0 Å². The van der Waals surface area contributed by atoms with E-state index in [-0.39, 0.29) is 11.9 Å². The first-order valence-corrected chi connectivity index (χ1v) is 8.46. The van der Waals surface area contributed by atoms with E-state index in [0.29, 0.717) is 10.8 Å². The van der Waals surface area contributed by atoms with Gasteiger partial charge in [0.1, 0.15) is 5.75 Å². The number of amides is 1. The SMILES string of the molecule is Cc1cc(C)c(C(C)NC(=O)C(C)Oc2ccccc2Cl)cc1C. The highest BCUT2D eigenvalue weighted by Crippen LogP contribution is 2.25. The maximum absolute atomic E-state index is 12.4. The maximum atomic E-state index is 12.4. The molecule has 0 saturated heterocycles. The quantitative estimate of drug-likeness (QED) is 0.836. The van der Waals surface area contributed by atoms with E-state index in [1.165, 1.54) is 16.7 Å². The molecule has 0 fully saturated rings. The van der Waals surface area contributed by atoms with Crippen molar-refractivity contribution in [2.75, 3.05) is 0 Å². The number of benzene rings is 2. The summed E-state index contributed by atoms with van der Waals surface area (Å²) in [5.41, 5.74) is 4.77. The Hall–Kier alpha value is -2.00. The van der Waals surface area contributed by atoms with Crippen molar-refractivity contribution in [3.63, 3.8) is 0 Å². The zero-order valence-electron chi connectivity index (χ0n) is 14.8. The first-order valence-electron chi connectivity index (χ1n) is 8.09. The minimum Gasteiger partial charge on any atom is -0.479 e. The number of para-hydroxylation sites is 1. The molecular formula is C20H24ClNO2. The summed E-state index contributed by atoms with van der Waals surface area (Å²) >= 11 is 6.07. The van der Waals surface area contributed by atoms with Crippen LogP contribution in [-0.4, -0.2) is 12.0 Å². The Bertz CT molecular complexity index is 742. The van der Waals surface area contributed by atoms with E-state index in [0.717, 1.165) is 5.56 Å². The van der Waals surface area contributed by atoms with Crippen molar-refractivity contribution in [1.82, 2.24) is 5.32 Å². The van der Waals surface area contributed by atoms with Gasteiger partial charge in [0.15, 0.2) is 6.10 Å². The van der Waals surface area contributed by atoms with Gasteiger partial charge in [-0.25, -0.2) is 0 Å². The van der Waals surface area contributed by atoms with Crippen LogP contribution in [0.2, 0.25) is 5.02 Å². The molecule has 2 aromatic rings. The molecule has 128 valence electrons. The summed E-state index contributed by atoms with van der Waals surface area (Å²) in [6, 6.07) is 11.3. The summed E-state index contributed by atoms with van der Waals surface area (Å²) in [5, 5.41) is 3.51. The Balaban J connectivity index is 2.06. The van der Waals surface area contributed by atoms with Gasteiger partial charge in [0.25, 0.3) is 5.91 Å². The van der Waals surface area contributed by atoms with Crippen LogP contribution in [0, 0.1) is 20.8 Å². The van der Waals surface area contributed by atoms with Crippen molar-refractivity contribution in [2.24, 2.45) is 0 Å². The molecule has 3 nitrogen and oxygen atoms in total. The van der Waals surface area contributed by atoms with E-state index in [4.69, 9.17) is 16.3 Å². The Morgan fingerprint density at radius 1 is 1.04 bits per heavy atom. The third kappa shape index (κ3) is 4.30. The van der Waals surface area contributed by atoms with Crippen LogP contribution in [0.3, 0.4) is 0 Å². The molecule has 0 aromatic heterocycles. The summed E-state index contributed by atoms with van der Waals surface area (Å²) < 4.78 is 5.67. The molecule has 4 heteroatoms. The fourth-order valence-electron chi connectivity index (χ4n) is 2.64. The van der Waals surface area contributed by atoms with Crippen LogP contribution in [0.5, 0.6) is 5.75 Å². The Morgan fingerprint density at radius 3 is 2.33 bits per heavy atom. The van der Waals surface area contributed by atoms with E-state index in [1.54, 1.807) is 19.1 Å².